The number of rotatable bonds is 5. The number of benzene rings is 1. The Balaban J connectivity index is 0.00000220. The van der Waals surface area contributed by atoms with E-state index in [2.05, 4.69) is 5.32 Å². The van der Waals surface area contributed by atoms with Gasteiger partial charge in [-0.15, -0.1) is 12.4 Å². The molecule has 5 nitrogen and oxygen atoms in total. The van der Waals surface area contributed by atoms with Crippen molar-refractivity contribution < 1.29 is 13.2 Å². The molecule has 0 amide bonds. The minimum atomic E-state index is -3.41. The van der Waals surface area contributed by atoms with E-state index in [0.29, 0.717) is 24.6 Å². The van der Waals surface area contributed by atoms with Crippen LogP contribution in [0.3, 0.4) is 0 Å². The van der Waals surface area contributed by atoms with Crippen LogP contribution in [0.2, 0.25) is 0 Å². The zero-order valence-electron chi connectivity index (χ0n) is 12.4. The van der Waals surface area contributed by atoms with Crippen molar-refractivity contribution in [2.24, 2.45) is 0 Å². The second kappa shape index (κ2) is 8.10. The third-order valence-corrected chi connectivity index (χ3v) is 5.50. The van der Waals surface area contributed by atoms with Crippen molar-refractivity contribution in [1.82, 2.24) is 9.62 Å². The van der Waals surface area contributed by atoms with Gasteiger partial charge in [-0.3, -0.25) is 0 Å². The molecule has 1 aliphatic rings. The van der Waals surface area contributed by atoms with Crippen LogP contribution in [0, 0.1) is 0 Å². The van der Waals surface area contributed by atoms with Crippen LogP contribution in [0.1, 0.15) is 18.4 Å². The third kappa shape index (κ3) is 4.40. The van der Waals surface area contributed by atoms with Crippen molar-refractivity contribution >= 4 is 22.4 Å². The Labute approximate surface area is 133 Å². The van der Waals surface area contributed by atoms with E-state index < -0.39 is 10.0 Å². The van der Waals surface area contributed by atoms with Gasteiger partial charge in [-0.05, 0) is 37.6 Å². The maximum absolute atomic E-state index is 12.7. The number of sulfonamides is 1. The minimum absolute atomic E-state index is 0. The van der Waals surface area contributed by atoms with Gasteiger partial charge in [0.15, 0.2) is 0 Å². The predicted molar refractivity (Wildman–Crippen MR) is 85.2 cm³/mol. The Morgan fingerprint density at radius 1 is 1.43 bits per heavy atom. The zero-order valence-corrected chi connectivity index (χ0v) is 14.0. The highest BCUT2D eigenvalue weighted by Gasteiger charge is 2.29. The van der Waals surface area contributed by atoms with Gasteiger partial charge in [-0.1, -0.05) is 12.1 Å². The van der Waals surface area contributed by atoms with Crippen LogP contribution >= 0.6 is 12.4 Å². The molecule has 1 fully saturated rings. The molecule has 0 aromatic heterocycles. The normalized spacial score (nSPS) is 20.0. The van der Waals surface area contributed by atoms with Crippen LogP contribution in [0.5, 0.6) is 0 Å². The molecule has 1 N–H and O–H groups in total. The molecule has 1 heterocycles. The van der Waals surface area contributed by atoms with Gasteiger partial charge in [0.1, 0.15) is 0 Å². The first kappa shape index (κ1) is 18.4. The number of halogens is 1. The van der Waals surface area contributed by atoms with Crippen LogP contribution in [0.25, 0.3) is 0 Å². The molecule has 2 rings (SSSR count). The smallest absolute Gasteiger partial charge is 0.243 e. The third-order valence-electron chi connectivity index (χ3n) is 3.64. The Kier molecular flexibility index (Phi) is 7.09. The number of nitrogens with one attached hydrogen (secondary N) is 1. The molecule has 120 valence electrons. The lowest BCUT2D eigenvalue weighted by molar-refractivity contribution is 0.184. The van der Waals surface area contributed by atoms with E-state index in [1.165, 1.54) is 0 Å². The van der Waals surface area contributed by atoms with Crippen LogP contribution < -0.4 is 5.32 Å². The summed E-state index contributed by atoms with van der Waals surface area (Å²) in [6, 6.07) is 7.22. The van der Waals surface area contributed by atoms with E-state index in [1.807, 2.05) is 13.1 Å². The largest absolute Gasteiger partial charge is 0.380 e. The Morgan fingerprint density at radius 2 is 2.19 bits per heavy atom. The molecule has 0 radical (unpaired) electrons. The quantitative estimate of drug-likeness (QED) is 0.889. The molecule has 1 aliphatic heterocycles. The molecule has 1 unspecified atom stereocenters. The van der Waals surface area contributed by atoms with Gasteiger partial charge < -0.3 is 10.1 Å². The standard InChI is InChI=1S/C14H22N2O3S.ClH/c1-15-13-6-4-8-16(10-13)20(17,18)14-7-3-5-12(9-14)11-19-2;/h3,5,7,9,13,15H,4,6,8,10-11H2,1-2H3;1H. The van der Waals surface area contributed by atoms with Gasteiger partial charge in [-0.25, -0.2) is 8.42 Å². The van der Waals surface area contributed by atoms with Crippen molar-refractivity contribution in [2.45, 2.75) is 30.4 Å². The first-order valence-electron chi connectivity index (χ1n) is 6.83. The highest BCUT2D eigenvalue weighted by atomic mass is 35.5. The zero-order chi connectivity index (χ0) is 14.6. The molecule has 1 aromatic rings. The van der Waals surface area contributed by atoms with E-state index in [-0.39, 0.29) is 18.4 Å². The maximum Gasteiger partial charge on any atom is 0.243 e. The fourth-order valence-electron chi connectivity index (χ4n) is 2.51. The molecule has 0 spiro atoms. The molecule has 21 heavy (non-hydrogen) atoms. The van der Waals surface area contributed by atoms with Crippen molar-refractivity contribution in [3.8, 4) is 0 Å². The Morgan fingerprint density at radius 3 is 2.86 bits per heavy atom. The average molecular weight is 335 g/mol. The van der Waals surface area contributed by atoms with Crippen molar-refractivity contribution in [1.29, 1.82) is 0 Å². The van der Waals surface area contributed by atoms with Crippen LogP contribution in [0.15, 0.2) is 29.2 Å². The van der Waals surface area contributed by atoms with Gasteiger partial charge >= 0.3 is 0 Å². The van der Waals surface area contributed by atoms with Gasteiger partial charge in [0.2, 0.25) is 10.0 Å². The summed E-state index contributed by atoms with van der Waals surface area (Å²) < 4.78 is 32.0. The lowest BCUT2D eigenvalue weighted by Crippen LogP contribution is -2.46. The summed E-state index contributed by atoms with van der Waals surface area (Å²) in [5, 5.41) is 3.16. The summed E-state index contributed by atoms with van der Waals surface area (Å²) in [5.74, 6) is 0. The fraction of sp³-hybridized carbons (Fsp3) is 0.571. The van der Waals surface area contributed by atoms with E-state index in [9.17, 15) is 8.42 Å². The fourth-order valence-corrected chi connectivity index (χ4v) is 4.10. The first-order valence-corrected chi connectivity index (χ1v) is 8.27. The van der Waals surface area contributed by atoms with E-state index >= 15 is 0 Å². The van der Waals surface area contributed by atoms with Gasteiger partial charge in [0.25, 0.3) is 0 Å². The van der Waals surface area contributed by atoms with Gasteiger partial charge in [-0.2, -0.15) is 4.31 Å². The topological polar surface area (TPSA) is 58.6 Å². The molecule has 1 saturated heterocycles. The molecule has 7 heteroatoms. The van der Waals surface area contributed by atoms with Gasteiger partial charge in [0, 0.05) is 26.2 Å². The van der Waals surface area contributed by atoms with E-state index in [0.717, 1.165) is 18.4 Å². The summed E-state index contributed by atoms with van der Waals surface area (Å²) in [6.07, 6.45) is 1.91. The second-order valence-electron chi connectivity index (χ2n) is 5.07. The number of hydrogen-bond donors (Lipinski definition) is 1. The second-order valence-corrected chi connectivity index (χ2v) is 7.01. The summed E-state index contributed by atoms with van der Waals surface area (Å²) >= 11 is 0. The molecule has 0 saturated carbocycles. The number of hydrogen-bond acceptors (Lipinski definition) is 4. The van der Waals surface area contributed by atoms with Gasteiger partial charge in [0.05, 0.1) is 11.5 Å². The minimum Gasteiger partial charge on any atom is -0.380 e. The number of piperidine rings is 1. The Hall–Kier alpha value is -0.660. The first-order chi connectivity index (χ1) is 9.57. The highest BCUT2D eigenvalue weighted by Crippen LogP contribution is 2.21. The molecule has 1 aromatic carbocycles. The monoisotopic (exact) mass is 334 g/mol. The van der Waals surface area contributed by atoms with E-state index in [1.54, 1.807) is 29.6 Å². The summed E-state index contributed by atoms with van der Waals surface area (Å²) in [5.41, 5.74) is 0.871. The van der Waals surface area contributed by atoms with Crippen LogP contribution in [0.4, 0.5) is 0 Å². The maximum atomic E-state index is 12.7. The molecule has 0 aliphatic carbocycles. The number of ether oxygens (including phenoxy) is 1. The molecular formula is C14H23ClN2O3S. The molecule has 1 atom stereocenters. The molecular weight excluding hydrogens is 312 g/mol. The Bertz CT molecular complexity index is 551. The van der Waals surface area contributed by atoms with Crippen molar-refractivity contribution in [2.75, 3.05) is 27.2 Å². The lowest BCUT2D eigenvalue weighted by Gasteiger charge is -2.31. The predicted octanol–water partition coefficient (Wildman–Crippen LogP) is 1.63. The van der Waals surface area contributed by atoms with E-state index in [4.69, 9.17) is 4.74 Å². The molecule has 0 bridgehead atoms. The number of nitrogens with zero attached hydrogens (tertiary/aromatic N) is 1. The summed E-state index contributed by atoms with van der Waals surface area (Å²) in [6.45, 7) is 1.55. The van der Waals surface area contributed by atoms with Crippen molar-refractivity contribution in [3.05, 3.63) is 29.8 Å². The highest BCUT2D eigenvalue weighted by molar-refractivity contribution is 7.89. The van der Waals surface area contributed by atoms with Crippen LogP contribution in [-0.2, 0) is 21.4 Å². The number of methoxy groups -OCH3 is 1. The van der Waals surface area contributed by atoms with Crippen LogP contribution in [-0.4, -0.2) is 46.0 Å². The summed E-state index contributed by atoms with van der Waals surface area (Å²) in [4.78, 5) is 0.351. The van der Waals surface area contributed by atoms with Crippen molar-refractivity contribution in [3.63, 3.8) is 0 Å². The SMILES string of the molecule is CNC1CCCN(S(=O)(=O)c2cccc(COC)c2)C1.Cl. The average Bonchev–Trinajstić information content (AvgIpc) is 2.48. The lowest BCUT2D eigenvalue weighted by atomic mass is 10.1. The summed E-state index contributed by atoms with van der Waals surface area (Å²) in [7, 11) is 0.0674. The number of likely N-dealkylation sites (N-methyl/N-ethyl adjacent to an activating group) is 1.